The van der Waals surface area contributed by atoms with Gasteiger partial charge >= 0.3 is 11.9 Å². The molecule has 6 nitrogen and oxygen atoms in total. The van der Waals surface area contributed by atoms with Gasteiger partial charge in [-0.05, 0) is 47.4 Å². The minimum absolute atomic E-state index is 0.254. The van der Waals surface area contributed by atoms with E-state index in [0.717, 1.165) is 22.4 Å². The molecule has 3 aromatic carbocycles. The van der Waals surface area contributed by atoms with Crippen LogP contribution in [-0.4, -0.2) is 33.3 Å². The van der Waals surface area contributed by atoms with Crippen molar-refractivity contribution in [2.24, 2.45) is 5.92 Å². The van der Waals surface area contributed by atoms with Crippen LogP contribution >= 0.6 is 0 Å². The number of hydrogen-bond acceptors (Lipinski definition) is 6. The lowest BCUT2D eigenvalue weighted by atomic mass is 9.85. The number of carbonyl (C=O) groups excluding carboxylic acids is 2. The van der Waals surface area contributed by atoms with Crippen molar-refractivity contribution < 1.29 is 23.8 Å². The highest BCUT2D eigenvalue weighted by atomic mass is 16.5. The first kappa shape index (κ1) is 24.8. The summed E-state index contributed by atoms with van der Waals surface area (Å²) in [5.41, 5.74) is 4.27. The van der Waals surface area contributed by atoms with Crippen LogP contribution in [0, 0.1) is 5.92 Å². The molecule has 184 valence electrons. The lowest BCUT2D eigenvalue weighted by Gasteiger charge is -2.33. The molecule has 0 N–H and O–H groups in total. The molecule has 36 heavy (non-hydrogen) atoms. The van der Waals surface area contributed by atoms with Crippen molar-refractivity contribution in [1.82, 2.24) is 0 Å². The fraction of sp³-hybridized carbons (Fsp3) is 0.200. The maximum Gasteiger partial charge on any atom is 0.336 e. The largest absolute Gasteiger partial charge is 0.497 e. The normalized spacial score (nSPS) is 17.0. The van der Waals surface area contributed by atoms with E-state index < -0.39 is 23.9 Å². The molecule has 0 aromatic heterocycles. The average molecular weight is 484 g/mol. The van der Waals surface area contributed by atoms with E-state index in [0.29, 0.717) is 17.9 Å². The van der Waals surface area contributed by atoms with Crippen LogP contribution in [0.1, 0.15) is 22.7 Å². The molecule has 2 atom stereocenters. The number of anilines is 1. The monoisotopic (exact) mass is 483 g/mol. The summed E-state index contributed by atoms with van der Waals surface area (Å²) in [5.74, 6) is -1.34. The van der Waals surface area contributed by atoms with Gasteiger partial charge < -0.3 is 19.1 Å². The van der Waals surface area contributed by atoms with E-state index in [2.05, 4.69) is 6.58 Å². The van der Waals surface area contributed by atoms with Gasteiger partial charge in [0.25, 0.3) is 0 Å². The van der Waals surface area contributed by atoms with Crippen molar-refractivity contribution in [3.8, 4) is 5.75 Å². The van der Waals surface area contributed by atoms with E-state index in [1.807, 2.05) is 83.8 Å². The molecule has 1 aliphatic rings. The topological polar surface area (TPSA) is 65.1 Å². The number of nitrogens with zero attached hydrogens (tertiary/aromatic N) is 1. The summed E-state index contributed by atoms with van der Waals surface area (Å²) in [7, 11) is 4.27. The maximum atomic E-state index is 13.4. The van der Waals surface area contributed by atoms with Crippen molar-refractivity contribution in [3.63, 3.8) is 0 Å². The minimum atomic E-state index is -0.935. The van der Waals surface area contributed by atoms with Gasteiger partial charge in [-0.25, -0.2) is 4.79 Å². The van der Waals surface area contributed by atoms with Gasteiger partial charge in [-0.1, -0.05) is 60.7 Å². The molecule has 0 unspecified atom stereocenters. The SMILES string of the molecule is C=CCc1cc(OC)ccc1[C@@H]1[C@@H](C(=O)OC)C(C(=O)OC)=C(c2ccccc2)N1c1ccccc1. The van der Waals surface area contributed by atoms with E-state index in [-0.39, 0.29) is 5.57 Å². The zero-order chi connectivity index (χ0) is 25.7. The standard InChI is InChI=1S/C30H29NO5/c1-5-12-21-19-23(34-2)17-18-24(21)28-26(30(33)36-4)25(29(32)35-3)27(20-13-8-6-9-14-20)31(28)22-15-10-7-11-16-22/h5-11,13-19,26,28H,1,12H2,2-4H3/t26-,28+/m0/s1. The van der Waals surface area contributed by atoms with Crippen molar-refractivity contribution in [3.05, 3.63) is 114 Å². The molecule has 1 aliphatic heterocycles. The number of para-hydroxylation sites is 1. The van der Waals surface area contributed by atoms with Gasteiger partial charge in [0.2, 0.25) is 0 Å². The molecule has 1 heterocycles. The Labute approximate surface area is 211 Å². The van der Waals surface area contributed by atoms with Gasteiger partial charge in [0.15, 0.2) is 0 Å². The molecule has 0 saturated carbocycles. The molecular weight excluding hydrogens is 454 g/mol. The summed E-state index contributed by atoms with van der Waals surface area (Å²) in [6.45, 7) is 3.92. The second kappa shape index (κ2) is 11.0. The number of esters is 2. The molecule has 0 bridgehead atoms. The molecule has 0 aliphatic carbocycles. The number of benzene rings is 3. The number of ether oxygens (including phenoxy) is 3. The Bertz CT molecular complexity index is 1280. The van der Waals surface area contributed by atoms with Gasteiger partial charge in [0.05, 0.1) is 38.6 Å². The van der Waals surface area contributed by atoms with Crippen LogP contribution < -0.4 is 9.64 Å². The summed E-state index contributed by atoms with van der Waals surface area (Å²) in [6, 6.07) is 24.4. The third-order valence-corrected chi connectivity index (χ3v) is 6.38. The van der Waals surface area contributed by atoms with E-state index in [1.54, 1.807) is 13.2 Å². The average Bonchev–Trinajstić information content (AvgIpc) is 3.29. The molecule has 0 saturated heterocycles. The number of allylic oxidation sites excluding steroid dienone is 1. The lowest BCUT2D eigenvalue weighted by molar-refractivity contribution is -0.147. The molecule has 0 amide bonds. The minimum Gasteiger partial charge on any atom is -0.497 e. The van der Waals surface area contributed by atoms with Crippen LogP contribution in [0.25, 0.3) is 5.70 Å². The molecule has 3 aromatic rings. The number of hydrogen-bond donors (Lipinski definition) is 0. The second-order valence-electron chi connectivity index (χ2n) is 8.33. The first-order chi connectivity index (χ1) is 17.5. The Morgan fingerprint density at radius 1 is 0.917 bits per heavy atom. The Balaban J connectivity index is 2.08. The van der Waals surface area contributed by atoms with E-state index in [9.17, 15) is 9.59 Å². The fourth-order valence-electron chi connectivity index (χ4n) is 4.85. The summed E-state index contributed by atoms with van der Waals surface area (Å²) in [6.07, 6.45) is 2.35. The third-order valence-electron chi connectivity index (χ3n) is 6.38. The smallest absolute Gasteiger partial charge is 0.336 e. The highest BCUT2D eigenvalue weighted by Gasteiger charge is 2.50. The summed E-state index contributed by atoms with van der Waals surface area (Å²) < 4.78 is 16.0. The van der Waals surface area contributed by atoms with E-state index >= 15 is 0 Å². The van der Waals surface area contributed by atoms with Crippen LogP contribution in [0.4, 0.5) is 5.69 Å². The Morgan fingerprint density at radius 2 is 1.58 bits per heavy atom. The van der Waals surface area contributed by atoms with Crippen molar-refractivity contribution in [2.45, 2.75) is 12.5 Å². The Kier molecular flexibility index (Phi) is 7.54. The predicted molar refractivity (Wildman–Crippen MR) is 139 cm³/mol. The Morgan fingerprint density at radius 3 is 2.17 bits per heavy atom. The molecule has 0 fully saturated rings. The van der Waals surface area contributed by atoms with Gasteiger partial charge in [0.1, 0.15) is 11.7 Å². The zero-order valence-corrected chi connectivity index (χ0v) is 20.6. The molecular formula is C30H29NO5. The summed E-state index contributed by atoms with van der Waals surface area (Å²) >= 11 is 0. The lowest BCUT2D eigenvalue weighted by Crippen LogP contribution is -2.32. The van der Waals surface area contributed by atoms with E-state index in [1.165, 1.54) is 14.2 Å². The third kappa shape index (κ3) is 4.50. The fourth-order valence-corrected chi connectivity index (χ4v) is 4.85. The number of carbonyl (C=O) groups is 2. The second-order valence-corrected chi connectivity index (χ2v) is 8.33. The highest BCUT2D eigenvalue weighted by molar-refractivity contribution is 6.08. The van der Waals surface area contributed by atoms with Crippen LogP contribution in [0.5, 0.6) is 5.75 Å². The Hall–Kier alpha value is -4.32. The first-order valence-electron chi connectivity index (χ1n) is 11.6. The van der Waals surface area contributed by atoms with Gasteiger partial charge in [0, 0.05) is 5.69 Å². The highest BCUT2D eigenvalue weighted by Crippen LogP contribution is 2.51. The van der Waals surface area contributed by atoms with Crippen molar-refractivity contribution >= 4 is 23.3 Å². The van der Waals surface area contributed by atoms with Gasteiger partial charge in [-0.2, -0.15) is 0 Å². The van der Waals surface area contributed by atoms with Crippen molar-refractivity contribution in [1.29, 1.82) is 0 Å². The summed E-state index contributed by atoms with van der Waals surface area (Å²) in [4.78, 5) is 28.8. The summed E-state index contributed by atoms with van der Waals surface area (Å²) in [5, 5.41) is 0. The quantitative estimate of drug-likeness (QED) is 0.318. The molecule has 0 spiro atoms. The maximum absolute atomic E-state index is 13.4. The first-order valence-corrected chi connectivity index (χ1v) is 11.6. The molecule has 4 rings (SSSR count). The number of methoxy groups -OCH3 is 3. The van der Waals surface area contributed by atoms with Crippen LogP contribution in [0.2, 0.25) is 0 Å². The van der Waals surface area contributed by atoms with Crippen LogP contribution in [0.15, 0.2) is 97.1 Å². The van der Waals surface area contributed by atoms with Gasteiger partial charge in [-0.15, -0.1) is 6.58 Å². The van der Waals surface area contributed by atoms with Crippen LogP contribution in [-0.2, 0) is 25.5 Å². The van der Waals surface area contributed by atoms with Gasteiger partial charge in [-0.3, -0.25) is 4.79 Å². The number of rotatable bonds is 8. The zero-order valence-electron chi connectivity index (χ0n) is 20.6. The van der Waals surface area contributed by atoms with Crippen LogP contribution in [0.3, 0.4) is 0 Å². The van der Waals surface area contributed by atoms with Crippen molar-refractivity contribution in [2.75, 3.05) is 26.2 Å². The molecule has 6 heteroatoms. The predicted octanol–water partition coefficient (Wildman–Crippen LogP) is 5.36. The van der Waals surface area contributed by atoms with E-state index in [4.69, 9.17) is 14.2 Å². The molecule has 0 radical (unpaired) electrons.